The second-order valence-electron chi connectivity index (χ2n) is 8.25. The highest BCUT2D eigenvalue weighted by atomic mass is 16.3. The van der Waals surface area contributed by atoms with Crippen molar-refractivity contribution in [2.24, 2.45) is 11.5 Å². The Labute approximate surface area is 194 Å². The number of phenolic OH excluding ortho intramolecular Hbond substituents is 3. The third kappa shape index (κ3) is 4.85. The largest absolute Gasteiger partial charge is 0.508 e. The van der Waals surface area contributed by atoms with Gasteiger partial charge in [0.05, 0.1) is 11.1 Å². The molecular formula is C28H30N2O3. The minimum atomic E-state index is -1.11. The Morgan fingerprint density at radius 3 is 1.42 bits per heavy atom. The van der Waals surface area contributed by atoms with Crippen LogP contribution in [-0.4, -0.2) is 15.3 Å². The van der Waals surface area contributed by atoms with Crippen molar-refractivity contribution >= 4 is 0 Å². The molecule has 0 heterocycles. The fraction of sp³-hybridized carbons (Fsp3) is 0.143. The average molecular weight is 443 g/mol. The van der Waals surface area contributed by atoms with E-state index in [0.717, 1.165) is 22.3 Å². The first kappa shape index (κ1) is 23.9. The molecule has 170 valence electrons. The van der Waals surface area contributed by atoms with Crippen molar-refractivity contribution in [2.75, 3.05) is 0 Å². The first-order valence-electron chi connectivity index (χ1n) is 10.6. The smallest absolute Gasteiger partial charge is 0.115 e. The summed E-state index contributed by atoms with van der Waals surface area (Å²) in [5.41, 5.74) is 15.5. The van der Waals surface area contributed by atoms with Crippen LogP contribution in [0.3, 0.4) is 0 Å². The summed E-state index contributed by atoms with van der Waals surface area (Å²) in [7, 11) is 0. The van der Waals surface area contributed by atoms with Crippen molar-refractivity contribution < 1.29 is 15.3 Å². The van der Waals surface area contributed by atoms with E-state index in [0.29, 0.717) is 5.57 Å². The fourth-order valence-electron chi connectivity index (χ4n) is 3.85. The molecule has 0 radical (unpaired) electrons. The lowest BCUT2D eigenvalue weighted by atomic mass is 9.77. The Morgan fingerprint density at radius 1 is 0.697 bits per heavy atom. The molecule has 3 aromatic carbocycles. The second kappa shape index (κ2) is 9.36. The maximum atomic E-state index is 9.74. The van der Waals surface area contributed by atoms with Gasteiger partial charge < -0.3 is 26.8 Å². The van der Waals surface area contributed by atoms with Crippen molar-refractivity contribution in [3.8, 4) is 17.2 Å². The van der Waals surface area contributed by atoms with Gasteiger partial charge in [-0.05, 0) is 78.1 Å². The van der Waals surface area contributed by atoms with E-state index in [4.69, 9.17) is 11.5 Å². The summed E-state index contributed by atoms with van der Waals surface area (Å²) in [6.45, 7) is 8.07. The van der Waals surface area contributed by atoms with Gasteiger partial charge in [0.25, 0.3) is 0 Å². The number of benzene rings is 3. The summed E-state index contributed by atoms with van der Waals surface area (Å²) >= 11 is 0. The number of phenols is 3. The number of aromatic hydroxyl groups is 3. The molecule has 0 saturated heterocycles. The average Bonchev–Trinajstić information content (AvgIpc) is 2.80. The second-order valence-corrected chi connectivity index (χ2v) is 8.25. The molecule has 0 aliphatic carbocycles. The lowest BCUT2D eigenvalue weighted by molar-refractivity contribution is 0.473. The van der Waals surface area contributed by atoms with E-state index < -0.39 is 11.1 Å². The first-order chi connectivity index (χ1) is 15.6. The summed E-state index contributed by atoms with van der Waals surface area (Å²) in [5, 5.41) is 29.1. The summed E-state index contributed by atoms with van der Waals surface area (Å²) in [6, 6.07) is 20.1. The van der Waals surface area contributed by atoms with E-state index >= 15 is 0 Å². The number of nitrogens with two attached hydrogens (primary N) is 2. The molecule has 3 rings (SSSR count). The minimum absolute atomic E-state index is 0.136. The summed E-state index contributed by atoms with van der Waals surface area (Å²) in [4.78, 5) is 0. The summed E-state index contributed by atoms with van der Waals surface area (Å²) in [5.74, 6) is 0.449. The van der Waals surface area contributed by atoms with Gasteiger partial charge >= 0.3 is 0 Å². The van der Waals surface area contributed by atoms with E-state index in [2.05, 4.69) is 6.58 Å². The van der Waals surface area contributed by atoms with Gasteiger partial charge in [0, 0.05) is 0 Å². The molecular weight excluding hydrogens is 412 g/mol. The maximum Gasteiger partial charge on any atom is 0.115 e. The zero-order chi connectivity index (χ0) is 24.2. The van der Waals surface area contributed by atoms with E-state index in [1.54, 1.807) is 72.8 Å². The van der Waals surface area contributed by atoms with Gasteiger partial charge in [-0.25, -0.2) is 0 Å². The van der Waals surface area contributed by atoms with E-state index in [9.17, 15) is 15.3 Å². The molecule has 0 spiro atoms. The van der Waals surface area contributed by atoms with Crippen molar-refractivity contribution in [1.82, 2.24) is 0 Å². The normalized spacial score (nSPS) is 14.2. The highest BCUT2D eigenvalue weighted by Gasteiger charge is 2.32. The van der Waals surface area contributed by atoms with Crippen LogP contribution < -0.4 is 11.5 Å². The highest BCUT2D eigenvalue weighted by Crippen LogP contribution is 2.36. The van der Waals surface area contributed by atoms with Crippen LogP contribution in [0.5, 0.6) is 17.2 Å². The van der Waals surface area contributed by atoms with Crippen LogP contribution in [0.25, 0.3) is 0 Å². The molecule has 3 aromatic rings. The number of allylic oxidation sites excluding steroid dienone is 1. The molecule has 7 N–H and O–H groups in total. The Kier molecular flexibility index (Phi) is 6.77. The van der Waals surface area contributed by atoms with Gasteiger partial charge in [0.2, 0.25) is 0 Å². The zero-order valence-corrected chi connectivity index (χ0v) is 18.9. The third-order valence-electron chi connectivity index (χ3n) is 5.99. The standard InChI is InChI=1S/C28H30N2O3/c1-4-20(27(3,29)21-7-13-24(31)14-8-21)6-5-19(2)28(30,22-9-15-25(32)16-10-22)23-11-17-26(33)18-12-23/h4-18,31-33H,2,29-30H2,1,3H3/b6-5-,20-4+. The Balaban J connectivity index is 2.01. The van der Waals surface area contributed by atoms with Crippen LogP contribution in [0.2, 0.25) is 0 Å². The van der Waals surface area contributed by atoms with Crippen molar-refractivity contribution in [3.05, 3.63) is 125 Å². The van der Waals surface area contributed by atoms with Crippen molar-refractivity contribution in [3.63, 3.8) is 0 Å². The van der Waals surface area contributed by atoms with Gasteiger partial charge in [-0.2, -0.15) is 0 Å². The molecule has 5 heteroatoms. The molecule has 0 saturated carbocycles. The van der Waals surface area contributed by atoms with Gasteiger partial charge in [0.1, 0.15) is 17.2 Å². The Bertz CT molecular complexity index is 1130. The first-order valence-corrected chi connectivity index (χ1v) is 10.6. The van der Waals surface area contributed by atoms with Gasteiger partial charge in [0.15, 0.2) is 0 Å². The molecule has 0 fully saturated rings. The van der Waals surface area contributed by atoms with Crippen LogP contribution >= 0.6 is 0 Å². The monoisotopic (exact) mass is 442 g/mol. The molecule has 0 bridgehead atoms. The fourth-order valence-corrected chi connectivity index (χ4v) is 3.85. The van der Waals surface area contributed by atoms with Gasteiger partial charge in [-0.1, -0.05) is 61.2 Å². The van der Waals surface area contributed by atoms with E-state index in [1.165, 1.54) is 0 Å². The zero-order valence-electron chi connectivity index (χ0n) is 18.9. The third-order valence-corrected chi connectivity index (χ3v) is 5.99. The minimum Gasteiger partial charge on any atom is -0.508 e. The van der Waals surface area contributed by atoms with Crippen LogP contribution in [0, 0.1) is 0 Å². The van der Waals surface area contributed by atoms with Gasteiger partial charge in [-0.15, -0.1) is 0 Å². The quantitative estimate of drug-likeness (QED) is 0.333. The predicted molar refractivity (Wildman–Crippen MR) is 133 cm³/mol. The molecule has 33 heavy (non-hydrogen) atoms. The van der Waals surface area contributed by atoms with Crippen LogP contribution in [0.4, 0.5) is 0 Å². The Hall–Kier alpha value is -3.80. The molecule has 0 aliphatic heterocycles. The topological polar surface area (TPSA) is 113 Å². The number of rotatable bonds is 7. The Morgan fingerprint density at radius 2 is 1.06 bits per heavy atom. The molecule has 1 unspecified atom stereocenters. The molecule has 5 nitrogen and oxygen atoms in total. The number of hydrogen-bond acceptors (Lipinski definition) is 5. The molecule has 0 aromatic heterocycles. The van der Waals surface area contributed by atoms with Crippen LogP contribution in [0.15, 0.2) is 109 Å². The highest BCUT2D eigenvalue weighted by molar-refractivity contribution is 5.53. The SMILES string of the molecule is C=C(/C=C\C(=C/C)C(C)(N)c1ccc(O)cc1)C(N)(c1ccc(O)cc1)c1ccc(O)cc1. The van der Waals surface area contributed by atoms with Crippen molar-refractivity contribution in [2.45, 2.75) is 24.9 Å². The lowest BCUT2D eigenvalue weighted by Crippen LogP contribution is -2.39. The van der Waals surface area contributed by atoms with Crippen LogP contribution in [0.1, 0.15) is 30.5 Å². The predicted octanol–water partition coefficient (Wildman–Crippen LogP) is 4.94. The maximum absolute atomic E-state index is 9.74. The van der Waals surface area contributed by atoms with Crippen molar-refractivity contribution in [1.29, 1.82) is 0 Å². The lowest BCUT2D eigenvalue weighted by Gasteiger charge is -2.32. The van der Waals surface area contributed by atoms with Gasteiger partial charge in [-0.3, -0.25) is 0 Å². The summed E-state index contributed by atoms with van der Waals surface area (Å²) in [6.07, 6.45) is 5.65. The number of hydrogen-bond donors (Lipinski definition) is 5. The summed E-state index contributed by atoms with van der Waals surface area (Å²) < 4.78 is 0. The molecule has 1 atom stereocenters. The molecule has 0 aliphatic rings. The molecule has 0 amide bonds. The van der Waals surface area contributed by atoms with Crippen LogP contribution in [-0.2, 0) is 11.1 Å². The van der Waals surface area contributed by atoms with E-state index in [1.807, 2.05) is 32.1 Å². The van der Waals surface area contributed by atoms with E-state index in [-0.39, 0.29) is 17.2 Å².